The molecule has 1 rings (SSSR count). The minimum absolute atomic E-state index is 0.659. The third-order valence-electron chi connectivity index (χ3n) is 2.43. The van der Waals surface area contributed by atoms with Gasteiger partial charge in [0.15, 0.2) is 11.5 Å². The van der Waals surface area contributed by atoms with E-state index in [1.54, 1.807) is 14.2 Å². The number of methoxy groups -OCH3 is 2. The van der Waals surface area contributed by atoms with Crippen molar-refractivity contribution in [1.82, 2.24) is 0 Å². The third-order valence-corrected chi connectivity index (χ3v) is 3.67. The lowest BCUT2D eigenvalue weighted by Crippen LogP contribution is -2.02. The van der Waals surface area contributed by atoms with Gasteiger partial charge in [0.25, 0.3) is 0 Å². The molecule has 0 heterocycles. The number of hydrogen-bond donors (Lipinski definition) is 0. The molecule has 0 radical (unpaired) electrons. The first kappa shape index (κ1) is 15.8. The molecule has 0 amide bonds. The highest BCUT2D eigenvalue weighted by molar-refractivity contribution is 9.10. The van der Waals surface area contributed by atoms with E-state index >= 15 is 0 Å². The van der Waals surface area contributed by atoms with Crippen LogP contribution in [0.3, 0.4) is 0 Å². The molecule has 18 heavy (non-hydrogen) atoms. The highest BCUT2D eigenvalue weighted by Gasteiger charge is 2.11. The van der Waals surface area contributed by atoms with Crippen molar-refractivity contribution in [2.45, 2.75) is 18.2 Å². The zero-order valence-corrected chi connectivity index (χ0v) is 13.8. The molecule has 0 spiro atoms. The lowest BCUT2D eigenvalue weighted by molar-refractivity contribution is 0.183. The SMILES string of the molecule is COCCCCOc1c(Br)cc(CBr)cc1OC. The zero-order valence-electron chi connectivity index (χ0n) is 10.7. The molecule has 102 valence electrons. The maximum atomic E-state index is 5.76. The largest absolute Gasteiger partial charge is 0.493 e. The molecule has 0 saturated heterocycles. The minimum atomic E-state index is 0.659. The molecule has 0 N–H and O–H groups in total. The molecular weight excluding hydrogens is 364 g/mol. The molecule has 5 heteroatoms. The fourth-order valence-electron chi connectivity index (χ4n) is 1.51. The van der Waals surface area contributed by atoms with Gasteiger partial charge in [-0.05, 0) is 46.5 Å². The predicted octanol–water partition coefficient (Wildman–Crippen LogP) is 4.16. The molecule has 0 aliphatic rings. The van der Waals surface area contributed by atoms with Crippen molar-refractivity contribution in [3.63, 3.8) is 0 Å². The van der Waals surface area contributed by atoms with Crippen molar-refractivity contribution in [3.8, 4) is 11.5 Å². The van der Waals surface area contributed by atoms with Crippen LogP contribution in [0.2, 0.25) is 0 Å². The summed E-state index contributed by atoms with van der Waals surface area (Å²) >= 11 is 6.94. The molecule has 0 bridgehead atoms. The number of halogens is 2. The van der Waals surface area contributed by atoms with E-state index in [0.717, 1.165) is 46.3 Å². The summed E-state index contributed by atoms with van der Waals surface area (Å²) in [5.41, 5.74) is 1.14. The van der Waals surface area contributed by atoms with Crippen molar-refractivity contribution in [1.29, 1.82) is 0 Å². The number of benzene rings is 1. The molecule has 1 aromatic rings. The molecule has 0 atom stereocenters. The minimum Gasteiger partial charge on any atom is -0.493 e. The zero-order chi connectivity index (χ0) is 13.4. The number of alkyl halides is 1. The van der Waals surface area contributed by atoms with E-state index in [4.69, 9.17) is 14.2 Å². The first-order chi connectivity index (χ1) is 8.72. The fraction of sp³-hybridized carbons (Fsp3) is 0.538. The van der Waals surface area contributed by atoms with Gasteiger partial charge < -0.3 is 14.2 Å². The summed E-state index contributed by atoms with van der Waals surface area (Å²) in [4.78, 5) is 0. The monoisotopic (exact) mass is 380 g/mol. The average Bonchev–Trinajstić information content (AvgIpc) is 2.39. The quantitative estimate of drug-likeness (QED) is 0.499. The Labute approximate surface area is 125 Å². The summed E-state index contributed by atoms with van der Waals surface area (Å²) in [7, 11) is 3.36. The molecule has 3 nitrogen and oxygen atoms in total. The summed E-state index contributed by atoms with van der Waals surface area (Å²) in [6.45, 7) is 1.43. The molecule has 0 saturated carbocycles. The fourth-order valence-corrected chi connectivity index (χ4v) is 2.44. The summed E-state index contributed by atoms with van der Waals surface area (Å²) in [6.07, 6.45) is 1.96. The first-order valence-corrected chi connectivity index (χ1v) is 7.68. The molecule has 0 fully saturated rings. The Hall–Kier alpha value is -0.260. The summed E-state index contributed by atoms with van der Waals surface area (Å²) < 4.78 is 17.0. The Balaban J connectivity index is 2.63. The van der Waals surface area contributed by atoms with Crippen LogP contribution in [0.5, 0.6) is 11.5 Å². The molecule has 0 unspecified atom stereocenters. The smallest absolute Gasteiger partial charge is 0.175 e. The van der Waals surface area contributed by atoms with Gasteiger partial charge in [-0.2, -0.15) is 0 Å². The third kappa shape index (κ3) is 4.78. The highest BCUT2D eigenvalue weighted by atomic mass is 79.9. The molecule has 0 aliphatic carbocycles. The van der Waals surface area contributed by atoms with E-state index in [2.05, 4.69) is 31.9 Å². The summed E-state index contributed by atoms with van der Waals surface area (Å²) in [6, 6.07) is 4.01. The van der Waals surface area contributed by atoms with Crippen molar-refractivity contribution in [2.24, 2.45) is 0 Å². The van der Waals surface area contributed by atoms with Crippen LogP contribution in [0.1, 0.15) is 18.4 Å². The van der Waals surface area contributed by atoms with Crippen LogP contribution >= 0.6 is 31.9 Å². The highest BCUT2D eigenvalue weighted by Crippen LogP contribution is 2.37. The van der Waals surface area contributed by atoms with E-state index in [0.29, 0.717) is 6.61 Å². The molecular formula is C13H18Br2O3. The number of ether oxygens (including phenoxy) is 3. The Kier molecular flexibility index (Phi) is 7.70. The van der Waals surface area contributed by atoms with E-state index in [1.807, 2.05) is 12.1 Å². The summed E-state index contributed by atoms with van der Waals surface area (Å²) in [5.74, 6) is 1.52. The van der Waals surface area contributed by atoms with E-state index < -0.39 is 0 Å². The lowest BCUT2D eigenvalue weighted by atomic mass is 10.2. The van der Waals surface area contributed by atoms with Gasteiger partial charge in [0, 0.05) is 19.0 Å². The van der Waals surface area contributed by atoms with Crippen LogP contribution in [0.4, 0.5) is 0 Å². The van der Waals surface area contributed by atoms with Crippen LogP contribution in [0.15, 0.2) is 16.6 Å². The van der Waals surface area contributed by atoms with Crippen LogP contribution in [0.25, 0.3) is 0 Å². The van der Waals surface area contributed by atoms with E-state index in [1.165, 1.54) is 0 Å². The summed E-state index contributed by atoms with van der Waals surface area (Å²) in [5, 5.41) is 0.788. The van der Waals surface area contributed by atoms with Gasteiger partial charge in [0.2, 0.25) is 0 Å². The topological polar surface area (TPSA) is 27.7 Å². The second-order valence-corrected chi connectivity index (χ2v) is 5.21. The molecule has 0 aliphatic heterocycles. The van der Waals surface area contributed by atoms with Gasteiger partial charge in [0.1, 0.15) is 0 Å². The van der Waals surface area contributed by atoms with Gasteiger partial charge in [-0.15, -0.1) is 0 Å². The van der Waals surface area contributed by atoms with Crippen LogP contribution in [-0.2, 0) is 10.1 Å². The maximum Gasteiger partial charge on any atom is 0.175 e. The first-order valence-electron chi connectivity index (χ1n) is 5.77. The van der Waals surface area contributed by atoms with Crippen molar-refractivity contribution < 1.29 is 14.2 Å². The number of hydrogen-bond acceptors (Lipinski definition) is 3. The Morgan fingerprint density at radius 2 is 1.83 bits per heavy atom. The number of unbranched alkanes of at least 4 members (excludes halogenated alkanes) is 1. The number of rotatable bonds is 8. The van der Waals surface area contributed by atoms with Gasteiger partial charge in [-0.1, -0.05) is 15.9 Å². The lowest BCUT2D eigenvalue weighted by Gasteiger charge is -2.13. The average molecular weight is 382 g/mol. The standard InChI is InChI=1S/C13H18Br2O3/c1-16-5-3-4-6-18-13-11(15)7-10(9-14)8-12(13)17-2/h7-8H,3-6,9H2,1-2H3. The van der Waals surface area contributed by atoms with Gasteiger partial charge in [-0.3, -0.25) is 0 Å². The van der Waals surface area contributed by atoms with Gasteiger partial charge in [0.05, 0.1) is 18.2 Å². The van der Waals surface area contributed by atoms with Crippen molar-refractivity contribution >= 4 is 31.9 Å². The maximum absolute atomic E-state index is 5.76. The Bertz CT molecular complexity index is 369. The van der Waals surface area contributed by atoms with Crippen molar-refractivity contribution in [3.05, 3.63) is 22.2 Å². The van der Waals surface area contributed by atoms with Gasteiger partial charge in [-0.25, -0.2) is 0 Å². The van der Waals surface area contributed by atoms with E-state index in [-0.39, 0.29) is 0 Å². The normalized spacial score (nSPS) is 10.4. The second kappa shape index (κ2) is 8.77. The predicted molar refractivity (Wildman–Crippen MR) is 79.9 cm³/mol. The Morgan fingerprint density at radius 3 is 2.44 bits per heavy atom. The van der Waals surface area contributed by atoms with Crippen LogP contribution in [0, 0.1) is 0 Å². The van der Waals surface area contributed by atoms with E-state index in [9.17, 15) is 0 Å². The van der Waals surface area contributed by atoms with Crippen molar-refractivity contribution in [2.75, 3.05) is 27.4 Å². The molecule has 1 aromatic carbocycles. The Morgan fingerprint density at radius 1 is 1.11 bits per heavy atom. The van der Waals surface area contributed by atoms with Gasteiger partial charge >= 0.3 is 0 Å². The van der Waals surface area contributed by atoms with Crippen LogP contribution < -0.4 is 9.47 Å². The molecule has 0 aromatic heterocycles. The second-order valence-electron chi connectivity index (χ2n) is 3.79. The van der Waals surface area contributed by atoms with Crippen LogP contribution in [-0.4, -0.2) is 27.4 Å².